The lowest BCUT2D eigenvalue weighted by Crippen LogP contribution is -2.01. The molecule has 0 aliphatic carbocycles. The van der Waals surface area contributed by atoms with E-state index in [0.717, 1.165) is 16.7 Å². The van der Waals surface area contributed by atoms with Gasteiger partial charge in [-0.05, 0) is 54.8 Å². The van der Waals surface area contributed by atoms with Gasteiger partial charge in [0.15, 0.2) is 17.2 Å². The molecular weight excluding hydrogens is 420 g/mol. The van der Waals surface area contributed by atoms with Crippen LogP contribution < -0.4 is 9.47 Å². The van der Waals surface area contributed by atoms with E-state index in [1.165, 1.54) is 13.0 Å². The second kappa shape index (κ2) is 9.95. The monoisotopic (exact) mass is 440 g/mol. The number of rotatable bonds is 9. The Morgan fingerprint density at radius 1 is 1.26 bits per heavy atom. The molecule has 2 aromatic carbocycles. The third-order valence-corrected chi connectivity index (χ3v) is 4.75. The highest BCUT2D eigenvalue weighted by Gasteiger charge is 2.22. The molecule has 0 radical (unpaired) electrons. The first kappa shape index (κ1) is 22.1. The standard InChI is InChI=1S/C23H21ClN2O5/c1-4-5-18-12-17(8-11-20-22(26(27)28)15(2)25-31-20)13-21(29-3)23(18)30-14-16-6-9-19(24)10-7-16/h4,6-13H,1,5,14H2,2-3H3/b11-8+. The van der Waals surface area contributed by atoms with Crippen molar-refractivity contribution in [1.82, 2.24) is 5.16 Å². The summed E-state index contributed by atoms with van der Waals surface area (Å²) in [7, 11) is 1.56. The number of nitro groups is 1. The van der Waals surface area contributed by atoms with Gasteiger partial charge in [-0.25, -0.2) is 0 Å². The van der Waals surface area contributed by atoms with Crippen molar-refractivity contribution in [2.45, 2.75) is 20.0 Å². The highest BCUT2D eigenvalue weighted by molar-refractivity contribution is 6.30. The number of aromatic nitrogens is 1. The van der Waals surface area contributed by atoms with Gasteiger partial charge in [0.25, 0.3) is 0 Å². The highest BCUT2D eigenvalue weighted by Crippen LogP contribution is 2.35. The van der Waals surface area contributed by atoms with Gasteiger partial charge in [0, 0.05) is 10.6 Å². The molecule has 0 saturated carbocycles. The van der Waals surface area contributed by atoms with Gasteiger partial charge in [-0.2, -0.15) is 0 Å². The zero-order valence-electron chi connectivity index (χ0n) is 17.1. The summed E-state index contributed by atoms with van der Waals surface area (Å²) < 4.78 is 16.7. The zero-order chi connectivity index (χ0) is 22.4. The Balaban J connectivity index is 1.91. The van der Waals surface area contributed by atoms with Crippen molar-refractivity contribution in [3.8, 4) is 11.5 Å². The van der Waals surface area contributed by atoms with Crippen molar-refractivity contribution in [2.75, 3.05) is 7.11 Å². The number of hydrogen-bond donors (Lipinski definition) is 0. The molecule has 1 heterocycles. The van der Waals surface area contributed by atoms with Crippen LogP contribution in [0.25, 0.3) is 12.2 Å². The van der Waals surface area contributed by atoms with Crippen LogP contribution in [-0.4, -0.2) is 17.2 Å². The molecule has 0 aliphatic rings. The molecule has 0 unspecified atom stereocenters. The van der Waals surface area contributed by atoms with Crippen LogP contribution in [0, 0.1) is 17.0 Å². The number of methoxy groups -OCH3 is 1. The molecule has 31 heavy (non-hydrogen) atoms. The fraction of sp³-hybridized carbons (Fsp3) is 0.174. The van der Waals surface area contributed by atoms with Crippen LogP contribution in [0.3, 0.4) is 0 Å². The third-order valence-electron chi connectivity index (χ3n) is 4.50. The summed E-state index contributed by atoms with van der Waals surface area (Å²) in [6.45, 7) is 5.68. The summed E-state index contributed by atoms with van der Waals surface area (Å²) in [5.74, 6) is 1.22. The second-order valence-electron chi connectivity index (χ2n) is 6.69. The summed E-state index contributed by atoms with van der Waals surface area (Å²) in [6.07, 6.45) is 5.53. The number of allylic oxidation sites excluding steroid dienone is 1. The number of hydrogen-bond acceptors (Lipinski definition) is 6. The van der Waals surface area contributed by atoms with E-state index in [-0.39, 0.29) is 17.1 Å². The quantitative estimate of drug-likeness (QED) is 0.229. The van der Waals surface area contributed by atoms with E-state index in [0.29, 0.717) is 29.5 Å². The number of benzene rings is 2. The molecule has 160 valence electrons. The fourth-order valence-corrected chi connectivity index (χ4v) is 3.15. The molecular formula is C23H21ClN2O5. The molecule has 0 bridgehead atoms. The first-order valence-corrected chi connectivity index (χ1v) is 9.78. The van der Waals surface area contributed by atoms with Crippen LogP contribution in [0.4, 0.5) is 5.69 Å². The number of ether oxygens (including phenoxy) is 2. The Morgan fingerprint density at radius 3 is 2.65 bits per heavy atom. The maximum absolute atomic E-state index is 11.2. The first-order valence-electron chi connectivity index (χ1n) is 9.40. The first-order chi connectivity index (χ1) is 14.9. The molecule has 0 atom stereocenters. The zero-order valence-corrected chi connectivity index (χ0v) is 17.9. The molecule has 0 saturated heterocycles. The van der Waals surface area contributed by atoms with Gasteiger partial charge in [0.05, 0.1) is 12.0 Å². The van der Waals surface area contributed by atoms with E-state index in [9.17, 15) is 10.1 Å². The van der Waals surface area contributed by atoms with Crippen LogP contribution in [-0.2, 0) is 13.0 Å². The Bertz CT molecular complexity index is 1120. The van der Waals surface area contributed by atoms with E-state index in [2.05, 4.69) is 11.7 Å². The minimum absolute atomic E-state index is 0.0785. The Kier molecular flexibility index (Phi) is 7.10. The maximum atomic E-state index is 11.2. The van der Waals surface area contributed by atoms with Gasteiger partial charge in [-0.15, -0.1) is 6.58 Å². The molecule has 0 aliphatic heterocycles. The summed E-state index contributed by atoms with van der Waals surface area (Å²) in [6, 6.07) is 11.1. The predicted molar refractivity (Wildman–Crippen MR) is 120 cm³/mol. The molecule has 3 rings (SSSR count). The molecule has 7 nitrogen and oxygen atoms in total. The van der Waals surface area contributed by atoms with Crippen LogP contribution in [0.2, 0.25) is 5.02 Å². The topological polar surface area (TPSA) is 87.6 Å². The van der Waals surface area contributed by atoms with Gasteiger partial charge in [0.1, 0.15) is 6.61 Å². The summed E-state index contributed by atoms with van der Waals surface area (Å²) in [5.41, 5.74) is 2.66. The normalized spacial score (nSPS) is 10.9. The third kappa shape index (κ3) is 5.32. The van der Waals surface area contributed by atoms with E-state index in [1.807, 2.05) is 18.2 Å². The van der Waals surface area contributed by atoms with Crippen LogP contribution in [0.5, 0.6) is 11.5 Å². The Labute approximate surface area is 184 Å². The van der Waals surface area contributed by atoms with E-state index in [1.54, 1.807) is 37.5 Å². The maximum Gasteiger partial charge on any atom is 0.338 e. The fourth-order valence-electron chi connectivity index (χ4n) is 3.02. The van der Waals surface area contributed by atoms with Crippen molar-refractivity contribution in [1.29, 1.82) is 0 Å². The smallest absolute Gasteiger partial charge is 0.338 e. The van der Waals surface area contributed by atoms with Crippen molar-refractivity contribution >= 4 is 29.4 Å². The average molecular weight is 441 g/mol. The van der Waals surface area contributed by atoms with Crippen molar-refractivity contribution in [3.05, 3.63) is 92.3 Å². The molecule has 1 aromatic heterocycles. The highest BCUT2D eigenvalue weighted by atomic mass is 35.5. The van der Waals surface area contributed by atoms with Gasteiger partial charge in [0.2, 0.25) is 5.76 Å². The number of aryl methyl sites for hydroxylation is 1. The number of nitrogens with zero attached hydrogens (tertiary/aromatic N) is 2. The van der Waals surface area contributed by atoms with Gasteiger partial charge >= 0.3 is 5.69 Å². The lowest BCUT2D eigenvalue weighted by atomic mass is 10.0. The van der Waals surface area contributed by atoms with E-state index in [4.69, 9.17) is 25.6 Å². The molecule has 0 fully saturated rings. The second-order valence-corrected chi connectivity index (χ2v) is 7.13. The SMILES string of the molecule is C=CCc1cc(/C=C/c2onc(C)c2[N+](=O)[O-])cc(OC)c1OCc1ccc(Cl)cc1. The molecule has 0 N–H and O–H groups in total. The molecule has 0 spiro atoms. The van der Waals surface area contributed by atoms with Gasteiger partial charge in [-0.1, -0.05) is 41.0 Å². The number of halogens is 1. The molecule has 0 amide bonds. The summed E-state index contributed by atoms with van der Waals surface area (Å²) >= 11 is 5.94. The Morgan fingerprint density at radius 2 is 2.00 bits per heavy atom. The molecule has 3 aromatic rings. The van der Waals surface area contributed by atoms with E-state index < -0.39 is 4.92 Å². The van der Waals surface area contributed by atoms with Crippen LogP contribution >= 0.6 is 11.6 Å². The van der Waals surface area contributed by atoms with Gasteiger partial charge < -0.3 is 14.0 Å². The van der Waals surface area contributed by atoms with E-state index >= 15 is 0 Å². The van der Waals surface area contributed by atoms with Crippen molar-refractivity contribution in [3.63, 3.8) is 0 Å². The van der Waals surface area contributed by atoms with Crippen molar-refractivity contribution < 1.29 is 18.9 Å². The van der Waals surface area contributed by atoms with Crippen LogP contribution in [0.15, 0.2) is 53.6 Å². The largest absolute Gasteiger partial charge is 0.493 e. The predicted octanol–water partition coefficient (Wildman–Crippen LogP) is 6.03. The van der Waals surface area contributed by atoms with Crippen molar-refractivity contribution in [2.24, 2.45) is 0 Å². The summed E-state index contributed by atoms with van der Waals surface area (Å²) in [4.78, 5) is 10.7. The Hall–Kier alpha value is -3.58. The lowest BCUT2D eigenvalue weighted by Gasteiger charge is -2.16. The lowest BCUT2D eigenvalue weighted by molar-refractivity contribution is -0.386. The summed E-state index contributed by atoms with van der Waals surface area (Å²) in [5, 5.41) is 15.6. The average Bonchev–Trinajstić information content (AvgIpc) is 3.13. The molecule has 8 heteroatoms. The minimum atomic E-state index is -0.511. The minimum Gasteiger partial charge on any atom is -0.493 e. The van der Waals surface area contributed by atoms with Crippen LogP contribution in [0.1, 0.15) is 28.1 Å². The van der Waals surface area contributed by atoms with Gasteiger partial charge in [-0.3, -0.25) is 10.1 Å².